The Labute approximate surface area is 218 Å². The molecule has 0 fully saturated rings. The lowest BCUT2D eigenvalue weighted by Crippen LogP contribution is -2.22. The SMILES string of the molecule is [CH2]C(COC(=O)CCCCCCCCCCCCC)OC(=O)CCCCCCCCCCCCC. The molecule has 0 spiro atoms. The lowest BCUT2D eigenvalue weighted by Gasteiger charge is -2.13. The van der Waals surface area contributed by atoms with E-state index in [0.717, 1.165) is 25.7 Å². The van der Waals surface area contributed by atoms with Crippen LogP contribution in [-0.4, -0.2) is 24.6 Å². The van der Waals surface area contributed by atoms with Gasteiger partial charge in [-0.25, -0.2) is 0 Å². The second-order valence-corrected chi connectivity index (χ2v) is 10.4. The number of ether oxygens (including phenoxy) is 2. The minimum Gasteiger partial charge on any atom is -0.462 e. The zero-order chi connectivity index (χ0) is 25.8. The Morgan fingerprint density at radius 1 is 0.514 bits per heavy atom. The molecule has 1 radical (unpaired) electrons. The Morgan fingerprint density at radius 2 is 0.829 bits per heavy atom. The number of unbranched alkanes of at least 4 members (excludes halogenated alkanes) is 20. The molecule has 1 unspecified atom stereocenters. The summed E-state index contributed by atoms with van der Waals surface area (Å²) in [6, 6.07) is 0. The second kappa shape index (κ2) is 27.5. The molecule has 35 heavy (non-hydrogen) atoms. The smallest absolute Gasteiger partial charge is 0.306 e. The van der Waals surface area contributed by atoms with Crippen molar-refractivity contribution in [3.63, 3.8) is 0 Å². The Balaban J connectivity index is 3.43. The number of carbonyl (C=O) groups excluding carboxylic acids is 2. The van der Waals surface area contributed by atoms with E-state index in [1.807, 2.05) is 0 Å². The third kappa shape index (κ3) is 27.4. The minimum atomic E-state index is -0.614. The van der Waals surface area contributed by atoms with Gasteiger partial charge in [-0.05, 0) is 19.8 Å². The summed E-state index contributed by atoms with van der Waals surface area (Å²) in [6.07, 6.45) is 27.9. The van der Waals surface area contributed by atoms with Crippen molar-refractivity contribution >= 4 is 11.9 Å². The average molecular weight is 496 g/mol. The molecule has 4 heteroatoms. The molecule has 0 amide bonds. The molecule has 0 aromatic heterocycles. The predicted octanol–water partition coefficient (Wildman–Crippen LogP) is 9.68. The van der Waals surface area contributed by atoms with Crippen LogP contribution in [0.3, 0.4) is 0 Å². The largest absolute Gasteiger partial charge is 0.462 e. The van der Waals surface area contributed by atoms with E-state index in [2.05, 4.69) is 20.8 Å². The zero-order valence-corrected chi connectivity index (χ0v) is 23.6. The van der Waals surface area contributed by atoms with Crippen molar-refractivity contribution in [2.45, 2.75) is 174 Å². The van der Waals surface area contributed by atoms with Crippen molar-refractivity contribution in [1.29, 1.82) is 0 Å². The van der Waals surface area contributed by atoms with Crippen LogP contribution >= 0.6 is 0 Å². The van der Waals surface area contributed by atoms with Crippen LogP contribution in [-0.2, 0) is 19.1 Å². The maximum absolute atomic E-state index is 11.9. The summed E-state index contributed by atoms with van der Waals surface area (Å²) >= 11 is 0. The van der Waals surface area contributed by atoms with Crippen LogP contribution in [0.5, 0.6) is 0 Å². The van der Waals surface area contributed by atoms with E-state index in [1.165, 1.54) is 116 Å². The second-order valence-electron chi connectivity index (χ2n) is 10.4. The molecule has 0 aromatic carbocycles. The molecule has 0 aliphatic rings. The van der Waals surface area contributed by atoms with Crippen molar-refractivity contribution in [2.24, 2.45) is 0 Å². The van der Waals surface area contributed by atoms with Gasteiger partial charge in [-0.2, -0.15) is 0 Å². The predicted molar refractivity (Wildman–Crippen MR) is 148 cm³/mol. The summed E-state index contributed by atoms with van der Waals surface area (Å²) in [5.41, 5.74) is 0. The first-order chi connectivity index (χ1) is 17.1. The van der Waals surface area contributed by atoms with Gasteiger partial charge in [0, 0.05) is 12.8 Å². The first-order valence-corrected chi connectivity index (χ1v) is 15.3. The Hall–Kier alpha value is -1.06. The summed E-state index contributed by atoms with van der Waals surface area (Å²) in [5, 5.41) is 0. The first kappa shape index (κ1) is 33.9. The fourth-order valence-electron chi connectivity index (χ4n) is 4.40. The molecule has 207 valence electrons. The van der Waals surface area contributed by atoms with E-state index in [4.69, 9.17) is 9.47 Å². The van der Waals surface area contributed by atoms with Crippen molar-refractivity contribution in [2.75, 3.05) is 6.61 Å². The van der Waals surface area contributed by atoms with E-state index < -0.39 is 6.10 Å². The normalized spacial score (nSPS) is 12.0. The minimum absolute atomic E-state index is 0.0564. The molecule has 0 N–H and O–H groups in total. The third-order valence-electron chi connectivity index (χ3n) is 6.70. The van der Waals surface area contributed by atoms with E-state index in [9.17, 15) is 9.59 Å². The molecule has 1 atom stereocenters. The molecule has 0 saturated heterocycles. The topological polar surface area (TPSA) is 52.6 Å². The van der Waals surface area contributed by atoms with Crippen LogP contribution in [0.25, 0.3) is 0 Å². The number of rotatable bonds is 27. The number of esters is 2. The van der Waals surface area contributed by atoms with Gasteiger partial charge in [0.1, 0.15) is 12.7 Å². The molecule has 0 aliphatic carbocycles. The van der Waals surface area contributed by atoms with Gasteiger partial charge in [-0.15, -0.1) is 0 Å². The molecule has 0 rings (SSSR count). The number of hydrogen-bond acceptors (Lipinski definition) is 4. The number of hydrogen-bond donors (Lipinski definition) is 0. The van der Waals surface area contributed by atoms with Gasteiger partial charge in [-0.1, -0.05) is 142 Å². The fraction of sp³-hybridized carbons (Fsp3) is 0.903. The molecule has 0 heterocycles. The third-order valence-corrected chi connectivity index (χ3v) is 6.70. The lowest BCUT2D eigenvalue weighted by atomic mass is 10.1. The highest BCUT2D eigenvalue weighted by Crippen LogP contribution is 2.13. The van der Waals surface area contributed by atoms with E-state index in [-0.39, 0.29) is 18.5 Å². The average Bonchev–Trinajstić information content (AvgIpc) is 2.84. The van der Waals surface area contributed by atoms with Crippen LogP contribution in [0.1, 0.15) is 168 Å². The summed E-state index contributed by atoms with van der Waals surface area (Å²) in [5.74, 6) is -0.446. The molecular formula is C31H59O4. The van der Waals surface area contributed by atoms with Gasteiger partial charge in [-0.3, -0.25) is 9.59 Å². The van der Waals surface area contributed by atoms with E-state index in [0.29, 0.717) is 12.8 Å². The molecule has 4 nitrogen and oxygen atoms in total. The Bertz CT molecular complexity index is 463. The molecule has 0 saturated carbocycles. The van der Waals surface area contributed by atoms with Crippen molar-refractivity contribution in [3.05, 3.63) is 6.92 Å². The standard InChI is InChI=1S/C31H59O4/c1-4-6-8-10-12-14-16-18-20-22-24-26-30(32)34-28-29(3)35-31(33)27-25-23-21-19-17-15-13-11-9-7-5-2/h29H,3-28H2,1-2H3. The van der Waals surface area contributed by atoms with E-state index in [1.54, 1.807) is 0 Å². The molecule has 0 bridgehead atoms. The maximum Gasteiger partial charge on any atom is 0.306 e. The summed E-state index contributed by atoms with van der Waals surface area (Å²) < 4.78 is 10.5. The lowest BCUT2D eigenvalue weighted by molar-refractivity contribution is -0.156. The Morgan fingerprint density at radius 3 is 1.20 bits per heavy atom. The maximum atomic E-state index is 11.9. The first-order valence-electron chi connectivity index (χ1n) is 15.3. The van der Waals surface area contributed by atoms with Gasteiger partial charge in [0.05, 0.1) is 0 Å². The van der Waals surface area contributed by atoms with Crippen molar-refractivity contribution < 1.29 is 19.1 Å². The van der Waals surface area contributed by atoms with Gasteiger partial charge in [0.2, 0.25) is 0 Å². The number of carbonyl (C=O) groups is 2. The highest BCUT2D eigenvalue weighted by atomic mass is 16.6. The summed E-state index contributed by atoms with van der Waals surface area (Å²) in [7, 11) is 0. The van der Waals surface area contributed by atoms with E-state index >= 15 is 0 Å². The quantitative estimate of drug-likeness (QED) is 0.0840. The van der Waals surface area contributed by atoms with Gasteiger partial charge >= 0.3 is 11.9 Å². The van der Waals surface area contributed by atoms with Crippen molar-refractivity contribution in [1.82, 2.24) is 0 Å². The van der Waals surface area contributed by atoms with Crippen LogP contribution in [0.4, 0.5) is 0 Å². The monoisotopic (exact) mass is 495 g/mol. The zero-order valence-electron chi connectivity index (χ0n) is 23.6. The Kier molecular flexibility index (Phi) is 26.7. The van der Waals surface area contributed by atoms with Gasteiger partial charge < -0.3 is 9.47 Å². The van der Waals surface area contributed by atoms with Gasteiger partial charge in [0.15, 0.2) is 0 Å². The summed E-state index contributed by atoms with van der Waals surface area (Å²) in [4.78, 5) is 23.8. The highest BCUT2D eigenvalue weighted by Gasteiger charge is 2.12. The summed E-state index contributed by atoms with van der Waals surface area (Å²) in [6.45, 7) is 8.36. The van der Waals surface area contributed by atoms with Crippen LogP contribution in [0.2, 0.25) is 0 Å². The molecular weight excluding hydrogens is 436 g/mol. The highest BCUT2D eigenvalue weighted by molar-refractivity contribution is 5.70. The van der Waals surface area contributed by atoms with Crippen molar-refractivity contribution in [3.8, 4) is 0 Å². The molecule has 0 aliphatic heterocycles. The van der Waals surface area contributed by atoms with Crippen LogP contribution in [0.15, 0.2) is 0 Å². The molecule has 0 aromatic rings. The van der Waals surface area contributed by atoms with Gasteiger partial charge in [0.25, 0.3) is 0 Å². The fourth-order valence-corrected chi connectivity index (χ4v) is 4.40. The van der Waals surface area contributed by atoms with Crippen LogP contribution in [0, 0.1) is 6.92 Å². The van der Waals surface area contributed by atoms with Crippen LogP contribution < -0.4 is 0 Å².